The molecule has 0 aromatic heterocycles. The topological polar surface area (TPSA) is 21.3 Å². The normalized spacial score (nSPS) is 10.9. The minimum Gasteiger partial charge on any atom is -0.456 e. The maximum atomic E-state index is 5.89. The third-order valence-electron chi connectivity index (χ3n) is 2.92. The van der Waals surface area contributed by atoms with Crippen LogP contribution in [0.3, 0.4) is 0 Å². The van der Waals surface area contributed by atoms with Crippen LogP contribution >= 0.6 is 38.5 Å². The van der Waals surface area contributed by atoms with Gasteiger partial charge in [0.2, 0.25) is 0 Å². The van der Waals surface area contributed by atoms with E-state index < -0.39 is 0 Å². The lowest BCUT2D eigenvalue weighted by molar-refractivity contribution is 0.479. The van der Waals surface area contributed by atoms with E-state index in [4.69, 9.17) is 4.74 Å². The van der Waals surface area contributed by atoms with Gasteiger partial charge in [-0.25, -0.2) is 0 Å². The highest BCUT2D eigenvalue weighted by Crippen LogP contribution is 2.30. The summed E-state index contributed by atoms with van der Waals surface area (Å²) >= 11 is 5.87. The van der Waals surface area contributed by atoms with Gasteiger partial charge < -0.3 is 10.1 Å². The SMILES string of the molecule is CC(C)CNCc1ccc(Oc2ccc(I)cc2)c(Br)c1. The average Bonchev–Trinajstić information content (AvgIpc) is 2.44. The van der Waals surface area contributed by atoms with Crippen LogP contribution in [0.5, 0.6) is 11.5 Å². The fraction of sp³-hybridized carbons (Fsp3) is 0.294. The Kier molecular flexibility index (Phi) is 6.51. The zero-order chi connectivity index (χ0) is 15.2. The summed E-state index contributed by atoms with van der Waals surface area (Å²) in [6.45, 7) is 6.32. The van der Waals surface area contributed by atoms with E-state index in [1.165, 1.54) is 9.13 Å². The van der Waals surface area contributed by atoms with Crippen LogP contribution < -0.4 is 10.1 Å². The number of halogens is 2. The van der Waals surface area contributed by atoms with Crippen LogP contribution in [0.4, 0.5) is 0 Å². The first kappa shape index (κ1) is 16.8. The van der Waals surface area contributed by atoms with Gasteiger partial charge in [0.1, 0.15) is 11.5 Å². The highest BCUT2D eigenvalue weighted by molar-refractivity contribution is 14.1. The van der Waals surface area contributed by atoms with Crippen molar-refractivity contribution in [2.24, 2.45) is 5.92 Å². The van der Waals surface area contributed by atoms with Crippen molar-refractivity contribution >= 4 is 38.5 Å². The van der Waals surface area contributed by atoms with Crippen molar-refractivity contribution in [1.82, 2.24) is 5.32 Å². The first-order valence-electron chi connectivity index (χ1n) is 6.97. The monoisotopic (exact) mass is 459 g/mol. The van der Waals surface area contributed by atoms with Gasteiger partial charge in [0, 0.05) is 10.1 Å². The van der Waals surface area contributed by atoms with Gasteiger partial charge >= 0.3 is 0 Å². The average molecular weight is 460 g/mol. The highest BCUT2D eigenvalue weighted by atomic mass is 127. The van der Waals surface area contributed by atoms with Crippen molar-refractivity contribution in [3.63, 3.8) is 0 Å². The zero-order valence-electron chi connectivity index (χ0n) is 12.2. The molecule has 0 aliphatic carbocycles. The standard InChI is InChI=1S/C17H19BrINO/c1-12(2)10-20-11-13-3-8-17(16(18)9-13)21-15-6-4-14(19)5-7-15/h3-9,12,20H,10-11H2,1-2H3. The van der Waals surface area contributed by atoms with E-state index in [1.807, 2.05) is 30.3 Å². The summed E-state index contributed by atoms with van der Waals surface area (Å²) in [5.74, 6) is 2.35. The Balaban J connectivity index is 2.00. The van der Waals surface area contributed by atoms with Crippen molar-refractivity contribution in [2.75, 3.05) is 6.54 Å². The Morgan fingerprint density at radius 2 is 1.86 bits per heavy atom. The van der Waals surface area contributed by atoms with Crippen LogP contribution in [-0.2, 0) is 6.54 Å². The van der Waals surface area contributed by atoms with E-state index in [0.717, 1.165) is 29.1 Å². The van der Waals surface area contributed by atoms with Crippen molar-refractivity contribution in [2.45, 2.75) is 20.4 Å². The summed E-state index contributed by atoms with van der Waals surface area (Å²) < 4.78 is 8.07. The minimum atomic E-state index is 0.664. The molecular weight excluding hydrogens is 441 g/mol. The highest BCUT2D eigenvalue weighted by Gasteiger charge is 2.05. The van der Waals surface area contributed by atoms with Gasteiger partial charge in [-0.2, -0.15) is 0 Å². The Bertz CT molecular complexity index is 584. The second-order valence-electron chi connectivity index (χ2n) is 5.35. The van der Waals surface area contributed by atoms with E-state index in [2.05, 4.69) is 69.8 Å². The maximum Gasteiger partial charge on any atom is 0.141 e. The van der Waals surface area contributed by atoms with Gasteiger partial charge in [-0.15, -0.1) is 0 Å². The molecule has 0 heterocycles. The van der Waals surface area contributed by atoms with Gasteiger partial charge in [0.05, 0.1) is 4.47 Å². The molecule has 0 bridgehead atoms. The van der Waals surface area contributed by atoms with Gasteiger partial charge in [0.25, 0.3) is 0 Å². The van der Waals surface area contributed by atoms with Crippen LogP contribution in [-0.4, -0.2) is 6.54 Å². The Morgan fingerprint density at radius 1 is 1.14 bits per heavy atom. The molecule has 112 valence electrons. The summed E-state index contributed by atoms with van der Waals surface area (Å²) in [5, 5.41) is 3.44. The van der Waals surface area contributed by atoms with E-state index >= 15 is 0 Å². The second kappa shape index (κ2) is 8.15. The number of ether oxygens (including phenoxy) is 1. The summed E-state index contributed by atoms with van der Waals surface area (Å²) in [5.41, 5.74) is 1.25. The lowest BCUT2D eigenvalue weighted by Gasteiger charge is -2.11. The molecule has 4 heteroatoms. The Hall–Kier alpha value is -0.590. The molecule has 0 amide bonds. The largest absolute Gasteiger partial charge is 0.456 e. The first-order valence-corrected chi connectivity index (χ1v) is 8.84. The van der Waals surface area contributed by atoms with Gasteiger partial charge in [-0.3, -0.25) is 0 Å². The van der Waals surface area contributed by atoms with E-state index in [9.17, 15) is 0 Å². The molecule has 1 N–H and O–H groups in total. The lowest BCUT2D eigenvalue weighted by Crippen LogP contribution is -2.18. The van der Waals surface area contributed by atoms with Gasteiger partial charge in [-0.1, -0.05) is 19.9 Å². The maximum absolute atomic E-state index is 5.89. The fourth-order valence-corrected chi connectivity index (χ4v) is 2.74. The van der Waals surface area contributed by atoms with Crippen LogP contribution in [0.15, 0.2) is 46.9 Å². The molecule has 21 heavy (non-hydrogen) atoms. The first-order chi connectivity index (χ1) is 10.0. The number of hydrogen-bond donors (Lipinski definition) is 1. The molecule has 0 atom stereocenters. The number of nitrogens with one attached hydrogen (secondary N) is 1. The quantitative estimate of drug-likeness (QED) is 0.568. The zero-order valence-corrected chi connectivity index (χ0v) is 15.9. The number of rotatable bonds is 6. The molecule has 0 aliphatic rings. The van der Waals surface area contributed by atoms with Gasteiger partial charge in [0.15, 0.2) is 0 Å². The van der Waals surface area contributed by atoms with Gasteiger partial charge in [-0.05, 0) is 92.9 Å². The van der Waals surface area contributed by atoms with Crippen LogP contribution in [0.1, 0.15) is 19.4 Å². The molecule has 0 fully saturated rings. The van der Waals surface area contributed by atoms with Crippen LogP contribution in [0, 0.1) is 9.49 Å². The number of hydrogen-bond acceptors (Lipinski definition) is 2. The predicted octanol–water partition coefficient (Wildman–Crippen LogP) is 5.59. The summed E-state index contributed by atoms with van der Waals surface area (Å²) in [4.78, 5) is 0. The predicted molar refractivity (Wildman–Crippen MR) is 99.9 cm³/mol. The van der Waals surface area contributed by atoms with Crippen molar-refractivity contribution in [1.29, 1.82) is 0 Å². The third kappa shape index (κ3) is 5.60. The second-order valence-corrected chi connectivity index (χ2v) is 7.45. The Labute approximate surface area is 148 Å². The lowest BCUT2D eigenvalue weighted by atomic mass is 10.2. The van der Waals surface area contributed by atoms with Crippen molar-refractivity contribution < 1.29 is 4.74 Å². The van der Waals surface area contributed by atoms with Crippen molar-refractivity contribution in [3.05, 3.63) is 56.1 Å². The summed E-state index contributed by atoms with van der Waals surface area (Å²) in [7, 11) is 0. The smallest absolute Gasteiger partial charge is 0.141 e. The molecule has 0 saturated carbocycles. The molecule has 0 saturated heterocycles. The molecule has 2 nitrogen and oxygen atoms in total. The molecule has 0 aliphatic heterocycles. The van der Waals surface area contributed by atoms with E-state index in [0.29, 0.717) is 5.92 Å². The molecule has 0 unspecified atom stereocenters. The van der Waals surface area contributed by atoms with E-state index in [-0.39, 0.29) is 0 Å². The Morgan fingerprint density at radius 3 is 2.48 bits per heavy atom. The molecule has 2 aromatic rings. The van der Waals surface area contributed by atoms with E-state index in [1.54, 1.807) is 0 Å². The molecule has 0 spiro atoms. The van der Waals surface area contributed by atoms with Crippen LogP contribution in [0.25, 0.3) is 0 Å². The molecular formula is C17H19BrINO. The third-order valence-corrected chi connectivity index (χ3v) is 4.26. The van der Waals surface area contributed by atoms with Crippen molar-refractivity contribution in [3.8, 4) is 11.5 Å². The molecule has 0 radical (unpaired) electrons. The molecule has 2 aromatic carbocycles. The fourth-order valence-electron chi connectivity index (χ4n) is 1.87. The summed E-state index contributed by atoms with van der Waals surface area (Å²) in [6, 6.07) is 14.2. The minimum absolute atomic E-state index is 0.664. The van der Waals surface area contributed by atoms with Crippen LogP contribution in [0.2, 0.25) is 0 Å². The summed E-state index contributed by atoms with van der Waals surface area (Å²) in [6.07, 6.45) is 0. The number of benzene rings is 2. The molecule has 2 rings (SSSR count).